The third-order valence-corrected chi connectivity index (χ3v) is 5.48. The molecule has 4 rings (SSSR count). The van der Waals surface area contributed by atoms with E-state index in [1.165, 1.54) is 13.2 Å². The first-order valence-corrected chi connectivity index (χ1v) is 10.2. The second-order valence-corrected chi connectivity index (χ2v) is 7.82. The zero-order valence-electron chi connectivity index (χ0n) is 16.2. The second kappa shape index (κ2) is 8.44. The molecule has 0 bridgehead atoms. The lowest BCUT2D eigenvalue weighted by atomic mass is 10.1. The third-order valence-electron chi connectivity index (χ3n) is 4.52. The molecule has 164 valence electrons. The molecule has 2 aromatic heterocycles. The number of methoxy groups -OCH3 is 1. The number of hydrogen-bond donors (Lipinski definition) is 1. The molecule has 0 aliphatic rings. The van der Waals surface area contributed by atoms with Crippen LogP contribution in [0.3, 0.4) is 0 Å². The lowest BCUT2D eigenvalue weighted by molar-refractivity contribution is -0.142. The van der Waals surface area contributed by atoms with Crippen molar-refractivity contribution in [1.82, 2.24) is 14.6 Å². The van der Waals surface area contributed by atoms with E-state index in [2.05, 4.69) is 31.3 Å². The maximum atomic E-state index is 13.8. The number of carbonyl (C=O) groups is 1. The molecule has 6 nitrogen and oxygen atoms in total. The first kappa shape index (κ1) is 22.1. The van der Waals surface area contributed by atoms with Crippen LogP contribution in [-0.2, 0) is 6.18 Å². The average Bonchev–Trinajstić information content (AvgIpc) is 3.10. The molecule has 0 atom stereocenters. The molecule has 0 unspecified atom stereocenters. The fourth-order valence-electron chi connectivity index (χ4n) is 3.05. The Balaban J connectivity index is 1.84. The van der Waals surface area contributed by atoms with Crippen LogP contribution in [0.15, 0.2) is 59.1 Å². The Labute approximate surface area is 193 Å². The van der Waals surface area contributed by atoms with Crippen molar-refractivity contribution in [3.8, 4) is 17.0 Å². The van der Waals surface area contributed by atoms with Gasteiger partial charge in [-0.15, -0.1) is 0 Å². The van der Waals surface area contributed by atoms with Gasteiger partial charge in [0.15, 0.2) is 17.0 Å². The summed E-state index contributed by atoms with van der Waals surface area (Å²) in [6, 6.07) is 13.9. The van der Waals surface area contributed by atoms with E-state index >= 15 is 0 Å². The van der Waals surface area contributed by atoms with Gasteiger partial charge in [-0.05, 0) is 40.2 Å². The van der Waals surface area contributed by atoms with E-state index < -0.39 is 17.8 Å². The molecule has 2 heterocycles. The zero-order chi connectivity index (χ0) is 23.0. The Kier molecular flexibility index (Phi) is 5.83. The third kappa shape index (κ3) is 4.15. The highest BCUT2D eigenvalue weighted by atomic mass is 79.9. The number of amides is 1. The Morgan fingerprint density at radius 1 is 1.16 bits per heavy atom. The molecular weight excluding hydrogens is 513 g/mol. The van der Waals surface area contributed by atoms with Crippen molar-refractivity contribution in [3.63, 3.8) is 0 Å². The normalized spacial score (nSPS) is 11.6. The fourth-order valence-corrected chi connectivity index (χ4v) is 3.74. The number of anilines is 1. The van der Waals surface area contributed by atoms with Crippen molar-refractivity contribution in [3.05, 3.63) is 75.5 Å². The number of carbonyl (C=O) groups excluding carboxylic acids is 1. The van der Waals surface area contributed by atoms with Crippen LogP contribution in [-0.4, -0.2) is 27.6 Å². The quantitative estimate of drug-likeness (QED) is 0.350. The van der Waals surface area contributed by atoms with Crippen molar-refractivity contribution in [2.45, 2.75) is 6.18 Å². The van der Waals surface area contributed by atoms with Crippen molar-refractivity contribution >= 4 is 44.8 Å². The van der Waals surface area contributed by atoms with Gasteiger partial charge in [0, 0.05) is 10.6 Å². The van der Waals surface area contributed by atoms with Gasteiger partial charge in [-0.3, -0.25) is 4.79 Å². The van der Waals surface area contributed by atoms with Gasteiger partial charge in [0.1, 0.15) is 5.75 Å². The first-order valence-electron chi connectivity index (χ1n) is 9.06. The van der Waals surface area contributed by atoms with Gasteiger partial charge < -0.3 is 10.1 Å². The van der Waals surface area contributed by atoms with Crippen LogP contribution in [0.4, 0.5) is 18.9 Å². The molecule has 32 heavy (non-hydrogen) atoms. The van der Waals surface area contributed by atoms with Gasteiger partial charge >= 0.3 is 6.18 Å². The number of nitrogens with zero attached hydrogens (tertiary/aromatic N) is 3. The lowest BCUT2D eigenvalue weighted by Crippen LogP contribution is -2.16. The van der Waals surface area contributed by atoms with Crippen LogP contribution in [0, 0.1) is 0 Å². The Bertz CT molecular complexity index is 1330. The summed E-state index contributed by atoms with van der Waals surface area (Å²) in [5.74, 6) is -0.444. The topological polar surface area (TPSA) is 68.5 Å². The van der Waals surface area contributed by atoms with Crippen molar-refractivity contribution in [2.24, 2.45) is 0 Å². The average molecular weight is 526 g/mol. The molecule has 4 aromatic rings. The molecule has 0 radical (unpaired) electrons. The summed E-state index contributed by atoms with van der Waals surface area (Å²) in [6.07, 6.45) is -4.74. The largest absolute Gasteiger partial charge is 0.495 e. The number of rotatable bonds is 4. The van der Waals surface area contributed by atoms with E-state index in [0.29, 0.717) is 20.9 Å². The van der Waals surface area contributed by atoms with E-state index in [1.807, 2.05) is 0 Å². The van der Waals surface area contributed by atoms with Crippen LogP contribution >= 0.6 is 27.5 Å². The molecule has 0 fully saturated rings. The highest BCUT2D eigenvalue weighted by Crippen LogP contribution is 2.35. The van der Waals surface area contributed by atoms with Gasteiger partial charge in [-0.1, -0.05) is 41.9 Å². The summed E-state index contributed by atoms with van der Waals surface area (Å²) < 4.78 is 47.2. The molecule has 0 saturated carbocycles. The van der Waals surface area contributed by atoms with Gasteiger partial charge in [-0.25, -0.2) is 9.50 Å². The minimum atomic E-state index is -4.74. The number of fused-ring (bicyclic) bond motifs is 1. The monoisotopic (exact) mass is 524 g/mol. The van der Waals surface area contributed by atoms with Crippen molar-refractivity contribution in [1.29, 1.82) is 0 Å². The fraction of sp³-hybridized carbons (Fsp3) is 0.0952. The van der Waals surface area contributed by atoms with E-state index in [-0.39, 0.29) is 27.2 Å². The number of alkyl halides is 3. The lowest BCUT2D eigenvalue weighted by Gasteiger charge is -2.11. The Hall–Kier alpha value is -3.11. The predicted molar refractivity (Wildman–Crippen MR) is 117 cm³/mol. The van der Waals surface area contributed by atoms with Crippen molar-refractivity contribution < 1.29 is 22.7 Å². The smallest absolute Gasteiger partial charge is 0.433 e. The Morgan fingerprint density at radius 3 is 2.53 bits per heavy atom. The highest BCUT2D eigenvalue weighted by Gasteiger charge is 2.36. The summed E-state index contributed by atoms with van der Waals surface area (Å²) in [5, 5.41) is 6.79. The van der Waals surface area contributed by atoms with E-state index in [0.717, 1.165) is 6.07 Å². The van der Waals surface area contributed by atoms with E-state index in [1.54, 1.807) is 42.5 Å². The number of halogens is 5. The summed E-state index contributed by atoms with van der Waals surface area (Å²) in [6.45, 7) is 0. The molecular formula is C21H13BrClF3N4O2. The maximum Gasteiger partial charge on any atom is 0.433 e. The number of benzene rings is 2. The standard InChI is InChI=1S/C21H13BrClF3N4O2/c1-32-15-8-7-12(23)9-14(15)28-20(31)18-17(22)19-27-13(11-5-3-2-4-6-11)10-16(21(24,25)26)30(19)29-18/h2-10H,1H3,(H,28,31). The predicted octanol–water partition coefficient (Wildman–Crippen LogP) is 6.09. The minimum Gasteiger partial charge on any atom is -0.495 e. The molecule has 1 amide bonds. The molecule has 0 aliphatic heterocycles. The summed E-state index contributed by atoms with van der Waals surface area (Å²) in [5.41, 5.74) is -0.681. The van der Waals surface area contributed by atoms with Gasteiger partial charge in [0.2, 0.25) is 0 Å². The minimum absolute atomic E-state index is 0.0132. The molecule has 0 saturated heterocycles. The molecule has 2 aromatic carbocycles. The van der Waals surface area contributed by atoms with Gasteiger partial charge in [0.05, 0.1) is 23.0 Å². The van der Waals surface area contributed by atoms with Crippen LogP contribution in [0.2, 0.25) is 5.02 Å². The van der Waals surface area contributed by atoms with Crippen LogP contribution < -0.4 is 10.1 Å². The van der Waals surface area contributed by atoms with Crippen LogP contribution in [0.25, 0.3) is 16.9 Å². The van der Waals surface area contributed by atoms with E-state index in [9.17, 15) is 18.0 Å². The number of ether oxygens (including phenoxy) is 1. The Morgan fingerprint density at radius 2 is 1.88 bits per heavy atom. The zero-order valence-corrected chi connectivity index (χ0v) is 18.6. The second-order valence-electron chi connectivity index (χ2n) is 6.59. The molecule has 0 spiro atoms. The number of hydrogen-bond acceptors (Lipinski definition) is 4. The summed E-state index contributed by atoms with van der Waals surface area (Å²) in [7, 11) is 1.41. The number of aromatic nitrogens is 3. The molecule has 0 aliphatic carbocycles. The molecule has 1 N–H and O–H groups in total. The maximum absolute atomic E-state index is 13.8. The highest BCUT2D eigenvalue weighted by molar-refractivity contribution is 9.10. The van der Waals surface area contributed by atoms with Crippen LogP contribution in [0.5, 0.6) is 5.75 Å². The molecule has 11 heteroatoms. The van der Waals surface area contributed by atoms with Gasteiger partial charge in [-0.2, -0.15) is 18.3 Å². The van der Waals surface area contributed by atoms with Crippen LogP contribution in [0.1, 0.15) is 16.2 Å². The summed E-state index contributed by atoms with van der Waals surface area (Å²) >= 11 is 9.17. The first-order chi connectivity index (χ1) is 15.2. The summed E-state index contributed by atoms with van der Waals surface area (Å²) in [4.78, 5) is 17.2. The van der Waals surface area contributed by atoms with Gasteiger partial charge in [0.25, 0.3) is 5.91 Å². The number of nitrogens with one attached hydrogen (secondary N) is 1. The van der Waals surface area contributed by atoms with E-state index in [4.69, 9.17) is 16.3 Å². The SMILES string of the molecule is COc1ccc(Cl)cc1NC(=O)c1nn2c(C(F)(F)F)cc(-c3ccccc3)nc2c1Br. The van der Waals surface area contributed by atoms with Crippen molar-refractivity contribution in [2.75, 3.05) is 12.4 Å².